The van der Waals surface area contributed by atoms with E-state index in [0.717, 1.165) is 25.1 Å². The molecular formula is C17H23N3O. The monoisotopic (exact) mass is 285 g/mol. The van der Waals surface area contributed by atoms with E-state index < -0.39 is 0 Å². The molecule has 1 atom stereocenters. The Bertz CT molecular complexity index is 606. The molecule has 0 bridgehead atoms. The van der Waals surface area contributed by atoms with Crippen molar-refractivity contribution in [2.45, 2.75) is 38.3 Å². The second kappa shape index (κ2) is 6.31. The van der Waals surface area contributed by atoms with Gasteiger partial charge in [0.1, 0.15) is 5.75 Å². The fourth-order valence-electron chi connectivity index (χ4n) is 3.18. The summed E-state index contributed by atoms with van der Waals surface area (Å²) in [7, 11) is 3.73. The van der Waals surface area contributed by atoms with Crippen LogP contribution < -0.4 is 10.1 Å². The number of nitrogens with one attached hydrogen (secondary N) is 1. The number of nitrogens with zero attached hydrogens (tertiary/aromatic N) is 2. The van der Waals surface area contributed by atoms with E-state index in [0.29, 0.717) is 0 Å². The molecule has 0 amide bonds. The number of ether oxygens (including phenoxy) is 1. The van der Waals surface area contributed by atoms with Crippen molar-refractivity contribution in [1.29, 1.82) is 0 Å². The van der Waals surface area contributed by atoms with Crippen LogP contribution in [0.15, 0.2) is 30.6 Å². The van der Waals surface area contributed by atoms with Gasteiger partial charge >= 0.3 is 0 Å². The molecule has 21 heavy (non-hydrogen) atoms. The van der Waals surface area contributed by atoms with Crippen LogP contribution >= 0.6 is 0 Å². The van der Waals surface area contributed by atoms with Gasteiger partial charge in [0.2, 0.25) is 0 Å². The van der Waals surface area contributed by atoms with Gasteiger partial charge in [-0.1, -0.05) is 18.2 Å². The van der Waals surface area contributed by atoms with Gasteiger partial charge < -0.3 is 14.6 Å². The Labute approximate surface area is 126 Å². The normalized spacial score (nSPS) is 15.5. The number of aryl methyl sites for hydroxylation is 1. The predicted octanol–water partition coefficient (Wildman–Crippen LogP) is 2.73. The summed E-state index contributed by atoms with van der Waals surface area (Å²) in [6.45, 7) is 0.888. The van der Waals surface area contributed by atoms with Gasteiger partial charge in [-0.3, -0.25) is 0 Å². The fourth-order valence-corrected chi connectivity index (χ4v) is 3.18. The highest BCUT2D eigenvalue weighted by molar-refractivity contribution is 5.36. The standard InChI is InChI=1S/C17H23N3O/c1-18-15(13-7-3-6-10-17(13)21-2)11-20-12-19-14-8-4-5-9-16(14)20/h3,6-7,10,12,15,18H,4-5,8-9,11H2,1-2H3. The highest BCUT2D eigenvalue weighted by Crippen LogP contribution is 2.27. The zero-order valence-electron chi connectivity index (χ0n) is 12.8. The molecule has 0 saturated carbocycles. The quantitative estimate of drug-likeness (QED) is 0.918. The van der Waals surface area contributed by atoms with Crippen LogP contribution in [0, 0.1) is 0 Å². The highest BCUT2D eigenvalue weighted by Gasteiger charge is 2.19. The summed E-state index contributed by atoms with van der Waals surface area (Å²) in [6, 6.07) is 8.44. The van der Waals surface area contributed by atoms with Crippen LogP contribution in [0.25, 0.3) is 0 Å². The van der Waals surface area contributed by atoms with Crippen LogP contribution in [0.5, 0.6) is 5.75 Å². The maximum atomic E-state index is 5.50. The Hall–Kier alpha value is -1.81. The molecule has 0 aliphatic heterocycles. The number of methoxy groups -OCH3 is 1. The van der Waals surface area contributed by atoms with E-state index >= 15 is 0 Å². The van der Waals surface area contributed by atoms with E-state index in [1.54, 1.807) is 7.11 Å². The summed E-state index contributed by atoms with van der Waals surface area (Å²) >= 11 is 0. The smallest absolute Gasteiger partial charge is 0.123 e. The van der Waals surface area contributed by atoms with E-state index in [1.165, 1.54) is 29.8 Å². The van der Waals surface area contributed by atoms with E-state index in [4.69, 9.17) is 4.74 Å². The Morgan fingerprint density at radius 2 is 2.10 bits per heavy atom. The minimum Gasteiger partial charge on any atom is -0.496 e. The van der Waals surface area contributed by atoms with E-state index in [2.05, 4.69) is 27.0 Å². The summed E-state index contributed by atoms with van der Waals surface area (Å²) < 4.78 is 7.80. The van der Waals surface area contributed by atoms with Crippen LogP contribution in [-0.2, 0) is 19.4 Å². The maximum absolute atomic E-state index is 5.50. The first-order valence-electron chi connectivity index (χ1n) is 7.66. The number of para-hydroxylation sites is 1. The van der Waals surface area contributed by atoms with Crippen LogP contribution in [0.2, 0.25) is 0 Å². The second-order valence-electron chi connectivity index (χ2n) is 5.58. The van der Waals surface area contributed by atoms with Gasteiger partial charge in [-0.05, 0) is 38.8 Å². The summed E-state index contributed by atoms with van der Waals surface area (Å²) in [4.78, 5) is 4.58. The Morgan fingerprint density at radius 3 is 2.90 bits per heavy atom. The molecule has 2 aromatic rings. The van der Waals surface area contributed by atoms with Crippen LogP contribution in [0.1, 0.15) is 35.8 Å². The minimum atomic E-state index is 0.223. The van der Waals surface area contributed by atoms with Gasteiger partial charge in [0.25, 0.3) is 0 Å². The van der Waals surface area contributed by atoms with Crippen molar-refractivity contribution >= 4 is 0 Å². The molecule has 0 spiro atoms. The number of aromatic nitrogens is 2. The molecule has 1 aromatic carbocycles. The van der Waals surface area contributed by atoms with Gasteiger partial charge in [0.05, 0.1) is 25.2 Å². The first kappa shape index (κ1) is 14.1. The zero-order chi connectivity index (χ0) is 14.7. The average Bonchev–Trinajstić information content (AvgIpc) is 2.95. The molecular weight excluding hydrogens is 262 g/mol. The lowest BCUT2D eigenvalue weighted by Crippen LogP contribution is -2.23. The van der Waals surface area contributed by atoms with E-state index in [1.807, 2.05) is 25.5 Å². The summed E-state index contributed by atoms with van der Waals surface area (Å²) in [5.41, 5.74) is 3.90. The lowest BCUT2D eigenvalue weighted by molar-refractivity contribution is 0.393. The van der Waals surface area contributed by atoms with Crippen LogP contribution in [0.4, 0.5) is 0 Å². The van der Waals surface area contributed by atoms with Gasteiger partial charge in [-0.25, -0.2) is 4.98 Å². The highest BCUT2D eigenvalue weighted by atomic mass is 16.5. The third kappa shape index (κ3) is 2.81. The van der Waals surface area contributed by atoms with Crippen molar-refractivity contribution in [3.63, 3.8) is 0 Å². The largest absolute Gasteiger partial charge is 0.496 e. The molecule has 1 N–H and O–H groups in total. The van der Waals surface area contributed by atoms with Crippen molar-refractivity contribution in [2.24, 2.45) is 0 Å². The van der Waals surface area contributed by atoms with Gasteiger partial charge in [0, 0.05) is 17.8 Å². The zero-order valence-corrected chi connectivity index (χ0v) is 12.8. The number of fused-ring (bicyclic) bond motifs is 1. The molecule has 4 nitrogen and oxygen atoms in total. The number of likely N-dealkylation sites (N-methyl/N-ethyl adjacent to an activating group) is 1. The predicted molar refractivity (Wildman–Crippen MR) is 83.7 cm³/mol. The Balaban J connectivity index is 1.86. The SMILES string of the molecule is CNC(Cn1cnc2c1CCCC2)c1ccccc1OC. The van der Waals surface area contributed by atoms with Crippen molar-refractivity contribution in [3.05, 3.63) is 47.5 Å². The third-order valence-corrected chi connectivity index (χ3v) is 4.35. The third-order valence-electron chi connectivity index (χ3n) is 4.35. The number of hydrogen-bond donors (Lipinski definition) is 1. The maximum Gasteiger partial charge on any atom is 0.123 e. The second-order valence-corrected chi connectivity index (χ2v) is 5.58. The molecule has 4 heteroatoms. The van der Waals surface area contributed by atoms with Gasteiger partial charge in [-0.15, -0.1) is 0 Å². The van der Waals surface area contributed by atoms with Crippen LogP contribution in [0.3, 0.4) is 0 Å². The molecule has 0 saturated heterocycles. The Morgan fingerprint density at radius 1 is 1.29 bits per heavy atom. The molecule has 0 radical (unpaired) electrons. The minimum absolute atomic E-state index is 0.223. The summed E-state index contributed by atoms with van der Waals surface area (Å²) in [6.07, 6.45) is 6.82. The van der Waals surface area contributed by atoms with Gasteiger partial charge in [0.15, 0.2) is 0 Å². The van der Waals surface area contributed by atoms with Crippen molar-refractivity contribution < 1.29 is 4.74 Å². The summed E-state index contributed by atoms with van der Waals surface area (Å²) in [5.74, 6) is 0.936. The first-order chi connectivity index (χ1) is 10.3. The summed E-state index contributed by atoms with van der Waals surface area (Å²) in [5, 5.41) is 3.41. The Kier molecular flexibility index (Phi) is 4.25. The molecule has 1 aliphatic rings. The van der Waals surface area contributed by atoms with Crippen LogP contribution in [-0.4, -0.2) is 23.7 Å². The molecule has 1 aromatic heterocycles. The number of rotatable bonds is 5. The number of benzene rings is 1. The lowest BCUT2D eigenvalue weighted by Gasteiger charge is -2.22. The average molecular weight is 285 g/mol. The van der Waals surface area contributed by atoms with E-state index in [9.17, 15) is 0 Å². The number of hydrogen-bond acceptors (Lipinski definition) is 3. The molecule has 1 aliphatic carbocycles. The molecule has 3 rings (SSSR count). The van der Waals surface area contributed by atoms with Crippen molar-refractivity contribution in [2.75, 3.05) is 14.2 Å². The fraction of sp³-hybridized carbons (Fsp3) is 0.471. The molecule has 1 unspecified atom stereocenters. The molecule has 112 valence electrons. The lowest BCUT2D eigenvalue weighted by atomic mass is 10.0. The van der Waals surface area contributed by atoms with E-state index in [-0.39, 0.29) is 6.04 Å². The topological polar surface area (TPSA) is 39.1 Å². The molecule has 1 heterocycles. The van der Waals surface area contributed by atoms with Crippen molar-refractivity contribution in [3.8, 4) is 5.75 Å². The molecule has 0 fully saturated rings. The number of imidazole rings is 1. The first-order valence-corrected chi connectivity index (χ1v) is 7.66. The van der Waals surface area contributed by atoms with Gasteiger partial charge in [-0.2, -0.15) is 0 Å². The van der Waals surface area contributed by atoms with Crippen molar-refractivity contribution in [1.82, 2.24) is 14.9 Å².